The fraction of sp³-hybridized carbons (Fsp3) is 0.778. The van der Waals surface area contributed by atoms with Crippen molar-refractivity contribution in [3.63, 3.8) is 0 Å². The van der Waals surface area contributed by atoms with Gasteiger partial charge in [0.25, 0.3) is 0 Å². The Morgan fingerprint density at radius 1 is 1.36 bits per heavy atom. The predicted octanol–water partition coefficient (Wildman–Crippen LogP) is 1.96. The Hall–Kier alpha value is -0.340. The van der Waals surface area contributed by atoms with Gasteiger partial charge >= 0.3 is 0 Å². The average molecular weight is 156 g/mol. The third kappa shape index (κ3) is 2.64. The molecule has 64 valence electrons. The first-order valence-corrected chi connectivity index (χ1v) is 4.20. The highest BCUT2D eigenvalue weighted by Gasteiger charge is 2.18. The molecule has 0 spiro atoms. The van der Waals surface area contributed by atoms with Gasteiger partial charge in [-0.2, -0.15) is 0 Å². The van der Waals surface area contributed by atoms with Gasteiger partial charge in [0.1, 0.15) is 0 Å². The van der Waals surface area contributed by atoms with Gasteiger partial charge in [0.2, 0.25) is 0 Å². The van der Waals surface area contributed by atoms with E-state index in [9.17, 15) is 0 Å². The standard InChI is InChI=1S/C9H16O2/c1-3-5-8(2)9-10-6-4-7-11-9/h3,5,8-9H,4,6-7H2,1-2H3/b5-3-. The number of hydrogen-bond donors (Lipinski definition) is 0. The molecule has 0 radical (unpaired) electrons. The molecule has 0 bridgehead atoms. The fourth-order valence-corrected chi connectivity index (χ4v) is 1.20. The largest absolute Gasteiger partial charge is 0.352 e. The zero-order valence-electron chi connectivity index (χ0n) is 7.25. The summed E-state index contributed by atoms with van der Waals surface area (Å²) in [5.41, 5.74) is 0. The maximum atomic E-state index is 5.42. The van der Waals surface area contributed by atoms with Crippen molar-refractivity contribution >= 4 is 0 Å². The summed E-state index contributed by atoms with van der Waals surface area (Å²) in [5, 5.41) is 0. The van der Waals surface area contributed by atoms with Gasteiger partial charge in [-0.1, -0.05) is 19.1 Å². The van der Waals surface area contributed by atoms with Crippen LogP contribution in [-0.4, -0.2) is 19.5 Å². The summed E-state index contributed by atoms with van der Waals surface area (Å²) >= 11 is 0. The lowest BCUT2D eigenvalue weighted by Crippen LogP contribution is -2.29. The highest BCUT2D eigenvalue weighted by Crippen LogP contribution is 2.14. The molecule has 0 aromatic carbocycles. The molecule has 0 N–H and O–H groups in total. The minimum absolute atomic E-state index is 0.0139. The third-order valence-electron chi connectivity index (χ3n) is 1.78. The molecule has 0 aromatic rings. The zero-order valence-corrected chi connectivity index (χ0v) is 7.25. The molecule has 0 saturated carbocycles. The smallest absolute Gasteiger partial charge is 0.163 e. The molecular formula is C9H16O2. The molecule has 1 saturated heterocycles. The lowest BCUT2D eigenvalue weighted by molar-refractivity contribution is -0.194. The maximum Gasteiger partial charge on any atom is 0.163 e. The maximum absolute atomic E-state index is 5.42. The molecule has 0 aliphatic carbocycles. The van der Waals surface area contributed by atoms with Crippen LogP contribution in [0.25, 0.3) is 0 Å². The van der Waals surface area contributed by atoms with Gasteiger partial charge < -0.3 is 9.47 Å². The molecule has 1 heterocycles. The summed E-state index contributed by atoms with van der Waals surface area (Å²) in [4.78, 5) is 0. The Morgan fingerprint density at radius 2 is 2.00 bits per heavy atom. The van der Waals surface area contributed by atoms with E-state index in [2.05, 4.69) is 13.0 Å². The minimum atomic E-state index is -0.0139. The Bertz CT molecular complexity index is 126. The molecule has 0 aromatic heterocycles. The van der Waals surface area contributed by atoms with Crippen molar-refractivity contribution in [1.29, 1.82) is 0 Å². The van der Waals surface area contributed by atoms with Crippen molar-refractivity contribution in [3.8, 4) is 0 Å². The van der Waals surface area contributed by atoms with Gasteiger partial charge in [0.05, 0.1) is 13.2 Å². The van der Waals surface area contributed by atoms with Gasteiger partial charge in [-0.15, -0.1) is 0 Å². The molecule has 1 aliphatic heterocycles. The molecule has 2 heteroatoms. The average Bonchev–Trinajstić information content (AvgIpc) is 2.07. The molecular weight excluding hydrogens is 140 g/mol. The van der Waals surface area contributed by atoms with E-state index in [4.69, 9.17) is 9.47 Å². The summed E-state index contributed by atoms with van der Waals surface area (Å²) in [6.45, 7) is 5.80. The van der Waals surface area contributed by atoms with Gasteiger partial charge in [-0.3, -0.25) is 0 Å². The van der Waals surface area contributed by atoms with E-state index >= 15 is 0 Å². The van der Waals surface area contributed by atoms with Crippen LogP contribution in [0.4, 0.5) is 0 Å². The summed E-state index contributed by atoms with van der Waals surface area (Å²) in [6.07, 6.45) is 5.15. The molecule has 1 atom stereocenters. The first-order chi connectivity index (χ1) is 5.34. The Morgan fingerprint density at radius 3 is 2.55 bits per heavy atom. The van der Waals surface area contributed by atoms with E-state index in [0.717, 1.165) is 19.6 Å². The second kappa shape index (κ2) is 4.52. The van der Waals surface area contributed by atoms with Crippen molar-refractivity contribution in [2.45, 2.75) is 26.6 Å². The number of rotatable bonds is 2. The number of ether oxygens (including phenoxy) is 2. The third-order valence-corrected chi connectivity index (χ3v) is 1.78. The Labute approximate surface area is 68.2 Å². The molecule has 11 heavy (non-hydrogen) atoms. The van der Waals surface area contributed by atoms with Gasteiger partial charge in [-0.25, -0.2) is 0 Å². The van der Waals surface area contributed by atoms with Gasteiger partial charge in [0.15, 0.2) is 6.29 Å². The SMILES string of the molecule is C/C=C\C(C)C1OCCCO1. The van der Waals surface area contributed by atoms with Crippen molar-refractivity contribution in [2.75, 3.05) is 13.2 Å². The van der Waals surface area contributed by atoms with Crippen LogP contribution < -0.4 is 0 Å². The molecule has 1 aliphatic rings. The monoisotopic (exact) mass is 156 g/mol. The van der Waals surface area contributed by atoms with Crippen molar-refractivity contribution in [2.24, 2.45) is 5.92 Å². The normalized spacial score (nSPS) is 24.2. The first-order valence-electron chi connectivity index (χ1n) is 4.20. The van der Waals surface area contributed by atoms with E-state index in [1.807, 2.05) is 13.0 Å². The molecule has 0 amide bonds. The molecule has 1 fully saturated rings. The van der Waals surface area contributed by atoms with E-state index in [1.165, 1.54) is 0 Å². The van der Waals surface area contributed by atoms with Crippen LogP contribution in [-0.2, 0) is 9.47 Å². The highest BCUT2D eigenvalue weighted by atomic mass is 16.7. The Kier molecular flexibility index (Phi) is 3.60. The number of hydrogen-bond acceptors (Lipinski definition) is 2. The quantitative estimate of drug-likeness (QED) is 0.569. The highest BCUT2D eigenvalue weighted by molar-refractivity contribution is 4.85. The Balaban J connectivity index is 2.32. The molecule has 1 unspecified atom stereocenters. The van der Waals surface area contributed by atoms with E-state index in [0.29, 0.717) is 5.92 Å². The van der Waals surface area contributed by atoms with Crippen molar-refractivity contribution in [3.05, 3.63) is 12.2 Å². The van der Waals surface area contributed by atoms with Crippen LogP contribution >= 0.6 is 0 Å². The van der Waals surface area contributed by atoms with E-state index < -0.39 is 0 Å². The van der Waals surface area contributed by atoms with Crippen LogP contribution in [0.1, 0.15) is 20.3 Å². The first kappa shape index (κ1) is 8.75. The van der Waals surface area contributed by atoms with Crippen LogP contribution in [0.5, 0.6) is 0 Å². The second-order valence-corrected chi connectivity index (χ2v) is 2.85. The summed E-state index contributed by atoms with van der Waals surface area (Å²) < 4.78 is 10.8. The van der Waals surface area contributed by atoms with Crippen molar-refractivity contribution < 1.29 is 9.47 Å². The molecule has 1 rings (SSSR count). The minimum Gasteiger partial charge on any atom is -0.352 e. The van der Waals surface area contributed by atoms with Crippen molar-refractivity contribution in [1.82, 2.24) is 0 Å². The predicted molar refractivity (Wildman–Crippen MR) is 44.3 cm³/mol. The van der Waals surface area contributed by atoms with Crippen LogP contribution in [0.15, 0.2) is 12.2 Å². The topological polar surface area (TPSA) is 18.5 Å². The van der Waals surface area contributed by atoms with Gasteiger partial charge in [0, 0.05) is 5.92 Å². The summed E-state index contributed by atoms with van der Waals surface area (Å²) in [7, 11) is 0. The molecule has 2 nitrogen and oxygen atoms in total. The zero-order chi connectivity index (χ0) is 8.10. The lowest BCUT2D eigenvalue weighted by Gasteiger charge is -2.26. The fourth-order valence-electron chi connectivity index (χ4n) is 1.20. The summed E-state index contributed by atoms with van der Waals surface area (Å²) in [6, 6.07) is 0. The summed E-state index contributed by atoms with van der Waals surface area (Å²) in [5.74, 6) is 0.375. The lowest BCUT2D eigenvalue weighted by atomic mass is 10.1. The van der Waals surface area contributed by atoms with E-state index in [-0.39, 0.29) is 6.29 Å². The second-order valence-electron chi connectivity index (χ2n) is 2.85. The van der Waals surface area contributed by atoms with Gasteiger partial charge in [-0.05, 0) is 13.3 Å². The van der Waals surface area contributed by atoms with Crippen LogP contribution in [0.2, 0.25) is 0 Å². The van der Waals surface area contributed by atoms with Crippen LogP contribution in [0, 0.1) is 5.92 Å². The van der Waals surface area contributed by atoms with E-state index in [1.54, 1.807) is 0 Å². The number of allylic oxidation sites excluding steroid dienone is 1. The van der Waals surface area contributed by atoms with Crippen LogP contribution in [0.3, 0.4) is 0 Å².